The van der Waals surface area contributed by atoms with Gasteiger partial charge in [-0.2, -0.15) is 5.10 Å². The van der Waals surface area contributed by atoms with Crippen LogP contribution in [0.4, 0.5) is 5.69 Å². The number of hydrogen-bond acceptors (Lipinski definition) is 3. The summed E-state index contributed by atoms with van der Waals surface area (Å²) in [7, 11) is 1.86. The lowest BCUT2D eigenvalue weighted by atomic mass is 10.2. The summed E-state index contributed by atoms with van der Waals surface area (Å²) < 4.78 is 8.10. The first-order valence-corrected chi connectivity index (χ1v) is 6.64. The monoisotopic (exact) mass is 321 g/mol. The number of carbonyl (C=O) groups excluding carboxylic acids is 1. The number of carbonyl (C=O) groups is 1. The molecule has 0 saturated carbocycles. The number of aryl methyl sites for hydroxylation is 1. The van der Waals surface area contributed by atoms with Crippen molar-refractivity contribution in [1.82, 2.24) is 9.78 Å². The van der Waals surface area contributed by atoms with Crippen molar-refractivity contribution in [3.8, 4) is 5.75 Å². The standard InChI is InChI=1S/C13H12BrN3O2/c1-16-5-4-10(15-16)7-17-11-3-2-9(14)6-12(11)19-8-13(17)18/h2-6H,7-8H2,1H3. The summed E-state index contributed by atoms with van der Waals surface area (Å²) in [6.07, 6.45) is 1.86. The van der Waals surface area contributed by atoms with Gasteiger partial charge < -0.3 is 4.74 Å². The number of fused-ring (bicyclic) bond motifs is 1. The smallest absolute Gasteiger partial charge is 0.265 e. The van der Waals surface area contributed by atoms with E-state index in [1.165, 1.54) is 0 Å². The molecule has 2 heterocycles. The molecule has 1 aliphatic heterocycles. The number of aromatic nitrogens is 2. The minimum absolute atomic E-state index is 0.0551. The molecule has 19 heavy (non-hydrogen) atoms. The highest BCUT2D eigenvalue weighted by molar-refractivity contribution is 9.10. The second-order valence-electron chi connectivity index (χ2n) is 4.36. The SMILES string of the molecule is Cn1ccc(CN2C(=O)COc3cc(Br)ccc32)n1. The van der Waals surface area contributed by atoms with Gasteiger partial charge in [-0.3, -0.25) is 14.4 Å². The predicted molar refractivity (Wildman–Crippen MR) is 74.0 cm³/mol. The van der Waals surface area contributed by atoms with Crippen molar-refractivity contribution in [2.45, 2.75) is 6.54 Å². The topological polar surface area (TPSA) is 47.4 Å². The van der Waals surface area contributed by atoms with Gasteiger partial charge in [0.05, 0.1) is 17.9 Å². The fourth-order valence-electron chi connectivity index (χ4n) is 2.06. The molecule has 98 valence electrons. The molecule has 0 atom stereocenters. The van der Waals surface area contributed by atoms with E-state index in [4.69, 9.17) is 4.74 Å². The van der Waals surface area contributed by atoms with E-state index >= 15 is 0 Å². The van der Waals surface area contributed by atoms with Gasteiger partial charge in [0.15, 0.2) is 6.61 Å². The molecule has 2 aromatic rings. The number of benzene rings is 1. The Hall–Kier alpha value is -1.82. The highest BCUT2D eigenvalue weighted by Crippen LogP contribution is 2.35. The van der Waals surface area contributed by atoms with Crippen LogP contribution in [-0.4, -0.2) is 22.3 Å². The van der Waals surface area contributed by atoms with Crippen molar-refractivity contribution in [3.05, 3.63) is 40.6 Å². The molecule has 6 heteroatoms. The summed E-state index contributed by atoms with van der Waals surface area (Å²) in [6.45, 7) is 0.522. The van der Waals surface area contributed by atoms with E-state index < -0.39 is 0 Å². The summed E-state index contributed by atoms with van der Waals surface area (Å²) >= 11 is 3.40. The third kappa shape index (κ3) is 2.35. The van der Waals surface area contributed by atoms with E-state index in [0.717, 1.165) is 15.9 Å². The molecule has 0 fully saturated rings. The van der Waals surface area contributed by atoms with E-state index in [1.807, 2.05) is 37.5 Å². The second-order valence-corrected chi connectivity index (χ2v) is 5.28. The van der Waals surface area contributed by atoms with Gasteiger partial charge in [0.25, 0.3) is 5.91 Å². The van der Waals surface area contributed by atoms with Crippen molar-refractivity contribution >= 4 is 27.5 Å². The number of ether oxygens (including phenoxy) is 1. The number of nitrogens with zero attached hydrogens (tertiary/aromatic N) is 3. The van der Waals surface area contributed by atoms with Crippen molar-refractivity contribution in [3.63, 3.8) is 0 Å². The number of rotatable bonds is 2. The average molecular weight is 322 g/mol. The van der Waals surface area contributed by atoms with Crippen LogP contribution in [0.2, 0.25) is 0 Å². The molecule has 5 nitrogen and oxygen atoms in total. The zero-order valence-electron chi connectivity index (χ0n) is 10.3. The zero-order chi connectivity index (χ0) is 13.4. The first-order valence-electron chi connectivity index (χ1n) is 5.85. The summed E-state index contributed by atoms with van der Waals surface area (Å²) in [4.78, 5) is 13.7. The first kappa shape index (κ1) is 12.2. The summed E-state index contributed by atoms with van der Waals surface area (Å²) in [5.41, 5.74) is 1.64. The highest BCUT2D eigenvalue weighted by atomic mass is 79.9. The molecule has 0 saturated heterocycles. The van der Waals surface area contributed by atoms with Crippen LogP contribution in [0.1, 0.15) is 5.69 Å². The number of halogens is 1. The van der Waals surface area contributed by atoms with E-state index in [9.17, 15) is 4.79 Å². The summed E-state index contributed by atoms with van der Waals surface area (Å²) in [6, 6.07) is 7.54. The summed E-state index contributed by atoms with van der Waals surface area (Å²) in [5, 5.41) is 4.30. The second kappa shape index (κ2) is 4.70. The lowest BCUT2D eigenvalue weighted by Crippen LogP contribution is -2.38. The molecule has 0 spiro atoms. The van der Waals surface area contributed by atoms with Crippen LogP contribution in [0.3, 0.4) is 0 Å². The Kier molecular flexibility index (Phi) is 3.02. The van der Waals surface area contributed by atoms with Crippen LogP contribution < -0.4 is 9.64 Å². The molecule has 0 N–H and O–H groups in total. The summed E-state index contributed by atoms with van der Waals surface area (Å²) in [5.74, 6) is 0.658. The fraction of sp³-hybridized carbons (Fsp3) is 0.231. The minimum atomic E-state index is -0.0551. The van der Waals surface area contributed by atoms with Crippen molar-refractivity contribution in [2.75, 3.05) is 11.5 Å². The molecular weight excluding hydrogens is 310 g/mol. The largest absolute Gasteiger partial charge is 0.482 e. The predicted octanol–water partition coefficient (Wildman–Crippen LogP) is 2.11. The Morgan fingerprint density at radius 2 is 2.26 bits per heavy atom. The van der Waals surface area contributed by atoms with Gasteiger partial charge in [0.2, 0.25) is 0 Å². The van der Waals surface area contributed by atoms with Crippen LogP contribution in [-0.2, 0) is 18.4 Å². The maximum atomic E-state index is 12.0. The Labute approximate surface area is 118 Å². The van der Waals surface area contributed by atoms with Gasteiger partial charge in [-0.05, 0) is 24.3 Å². The third-order valence-electron chi connectivity index (χ3n) is 2.95. The van der Waals surface area contributed by atoms with Crippen molar-refractivity contribution in [2.24, 2.45) is 7.05 Å². The third-order valence-corrected chi connectivity index (χ3v) is 3.45. The highest BCUT2D eigenvalue weighted by Gasteiger charge is 2.26. The Bertz CT molecular complexity index is 639. The molecule has 3 rings (SSSR count). The molecule has 0 bridgehead atoms. The first-order chi connectivity index (χ1) is 9.13. The maximum absolute atomic E-state index is 12.0. The van der Waals surface area contributed by atoms with Crippen LogP contribution in [0.15, 0.2) is 34.9 Å². The molecule has 1 aromatic heterocycles. The number of amides is 1. The average Bonchev–Trinajstić information content (AvgIpc) is 2.78. The van der Waals surface area contributed by atoms with Gasteiger partial charge in [-0.1, -0.05) is 15.9 Å². The van der Waals surface area contributed by atoms with Crippen molar-refractivity contribution in [1.29, 1.82) is 0 Å². The van der Waals surface area contributed by atoms with Gasteiger partial charge in [-0.15, -0.1) is 0 Å². The van der Waals surface area contributed by atoms with Crippen LogP contribution >= 0.6 is 15.9 Å². The molecular formula is C13H12BrN3O2. The van der Waals surface area contributed by atoms with Crippen LogP contribution in [0, 0.1) is 0 Å². The fourth-order valence-corrected chi connectivity index (χ4v) is 2.40. The minimum Gasteiger partial charge on any atom is -0.482 e. The van der Waals surface area contributed by atoms with Gasteiger partial charge in [-0.25, -0.2) is 0 Å². The zero-order valence-corrected chi connectivity index (χ0v) is 11.9. The molecule has 0 unspecified atom stereocenters. The van der Waals surface area contributed by atoms with Gasteiger partial charge in [0, 0.05) is 17.7 Å². The van der Waals surface area contributed by atoms with E-state index in [0.29, 0.717) is 12.3 Å². The van der Waals surface area contributed by atoms with E-state index in [-0.39, 0.29) is 12.5 Å². The lowest BCUT2D eigenvalue weighted by Gasteiger charge is -2.28. The van der Waals surface area contributed by atoms with E-state index in [1.54, 1.807) is 9.58 Å². The molecule has 1 amide bonds. The number of anilines is 1. The number of hydrogen-bond donors (Lipinski definition) is 0. The Balaban J connectivity index is 1.94. The molecule has 0 radical (unpaired) electrons. The Morgan fingerprint density at radius 3 is 3.00 bits per heavy atom. The van der Waals surface area contributed by atoms with Crippen LogP contribution in [0.5, 0.6) is 5.75 Å². The normalized spacial score (nSPS) is 14.2. The molecule has 0 aliphatic carbocycles. The quantitative estimate of drug-likeness (QED) is 0.851. The lowest BCUT2D eigenvalue weighted by molar-refractivity contribution is -0.121. The van der Waals surface area contributed by atoms with E-state index in [2.05, 4.69) is 21.0 Å². The maximum Gasteiger partial charge on any atom is 0.265 e. The van der Waals surface area contributed by atoms with Crippen molar-refractivity contribution < 1.29 is 9.53 Å². The van der Waals surface area contributed by atoms with Gasteiger partial charge in [0.1, 0.15) is 5.75 Å². The molecule has 1 aliphatic rings. The molecule has 1 aromatic carbocycles. The van der Waals surface area contributed by atoms with Crippen LogP contribution in [0.25, 0.3) is 0 Å². The van der Waals surface area contributed by atoms with Gasteiger partial charge >= 0.3 is 0 Å². The Morgan fingerprint density at radius 1 is 1.42 bits per heavy atom.